The van der Waals surface area contributed by atoms with Crippen molar-refractivity contribution in [2.24, 2.45) is 0 Å². The molecule has 232 valence electrons. The number of morpholine rings is 1. The van der Waals surface area contributed by atoms with Crippen molar-refractivity contribution in [2.45, 2.75) is 62.6 Å². The first kappa shape index (κ1) is 28.8. The van der Waals surface area contributed by atoms with Gasteiger partial charge in [-0.2, -0.15) is 11.8 Å². The fourth-order valence-corrected chi connectivity index (χ4v) is 10.6. The first-order valence-corrected chi connectivity index (χ1v) is 18.3. The van der Waals surface area contributed by atoms with E-state index in [1.54, 1.807) is 0 Å². The molecule has 4 saturated heterocycles. The highest BCUT2D eigenvalue weighted by Gasteiger charge is 2.71. The Hall–Kier alpha value is -1.65. The summed E-state index contributed by atoms with van der Waals surface area (Å²) in [4.78, 5) is 14.9. The van der Waals surface area contributed by atoms with Gasteiger partial charge in [0.15, 0.2) is 5.79 Å². The van der Waals surface area contributed by atoms with Crippen LogP contribution in [0.4, 0.5) is 5.69 Å². The number of anilines is 1. The molecular weight excluding hydrogens is 552 g/mol. The van der Waals surface area contributed by atoms with Gasteiger partial charge in [-0.1, -0.05) is 48.9 Å². The minimum atomic E-state index is -0.304. The van der Waals surface area contributed by atoms with Crippen molar-refractivity contribution in [3.63, 3.8) is 0 Å². The van der Waals surface area contributed by atoms with Crippen molar-refractivity contribution in [1.82, 2.24) is 24.9 Å². The highest BCUT2D eigenvalue weighted by Crippen LogP contribution is 2.55. The van der Waals surface area contributed by atoms with Crippen LogP contribution in [0.1, 0.15) is 55.0 Å². The van der Waals surface area contributed by atoms with Crippen molar-refractivity contribution in [3.05, 3.63) is 65.2 Å². The van der Waals surface area contributed by atoms with E-state index in [1.165, 1.54) is 79.1 Å². The third kappa shape index (κ3) is 4.62. The maximum Gasteiger partial charge on any atom is 0.186 e. The zero-order valence-corrected chi connectivity index (χ0v) is 26.7. The van der Waals surface area contributed by atoms with E-state index in [2.05, 4.69) is 90.1 Å². The largest absolute Gasteiger partial charge is 0.379 e. The van der Waals surface area contributed by atoms with Crippen LogP contribution in [0.2, 0.25) is 0 Å². The molecular formula is C35H50N6OS. The van der Waals surface area contributed by atoms with Gasteiger partial charge < -0.3 is 9.64 Å². The Bertz CT molecular complexity index is 1240. The molecule has 6 aliphatic heterocycles. The molecule has 7 nitrogen and oxygen atoms in total. The number of aryl methyl sites for hydroxylation is 1. The Kier molecular flexibility index (Phi) is 8.22. The lowest BCUT2D eigenvalue weighted by molar-refractivity contribution is -0.217. The van der Waals surface area contributed by atoms with Crippen molar-refractivity contribution < 1.29 is 4.74 Å². The summed E-state index contributed by atoms with van der Waals surface area (Å²) in [5.41, 5.74) is 5.88. The minimum Gasteiger partial charge on any atom is -0.379 e. The zero-order valence-electron chi connectivity index (χ0n) is 25.9. The number of para-hydroxylation sites is 1. The molecule has 2 aromatic rings. The summed E-state index contributed by atoms with van der Waals surface area (Å²) in [5, 5.41) is 4.12. The molecule has 4 fully saturated rings. The van der Waals surface area contributed by atoms with Gasteiger partial charge in [0.1, 0.15) is 5.66 Å². The van der Waals surface area contributed by atoms with E-state index in [0.717, 1.165) is 71.9 Å². The molecule has 1 N–H and O–H groups in total. The lowest BCUT2D eigenvalue weighted by atomic mass is 9.86. The maximum atomic E-state index is 6.08. The molecule has 8 heteroatoms. The van der Waals surface area contributed by atoms with Gasteiger partial charge in [-0.25, -0.2) is 4.90 Å². The van der Waals surface area contributed by atoms with E-state index in [1.807, 2.05) is 0 Å². The molecule has 0 aromatic heterocycles. The van der Waals surface area contributed by atoms with E-state index in [4.69, 9.17) is 4.74 Å². The second kappa shape index (κ2) is 12.3. The maximum absolute atomic E-state index is 6.08. The number of likely N-dealkylation sites (tertiary alicyclic amines) is 2. The van der Waals surface area contributed by atoms with Crippen LogP contribution < -0.4 is 10.2 Å². The molecule has 6 heterocycles. The van der Waals surface area contributed by atoms with Crippen LogP contribution in [-0.4, -0.2) is 115 Å². The molecule has 0 bridgehead atoms. The number of hydrogen-bond acceptors (Lipinski definition) is 8. The van der Waals surface area contributed by atoms with Crippen molar-refractivity contribution in [3.8, 4) is 0 Å². The normalized spacial score (nSPS) is 33.3. The van der Waals surface area contributed by atoms with Gasteiger partial charge in [0.2, 0.25) is 0 Å². The van der Waals surface area contributed by atoms with Crippen LogP contribution in [0.25, 0.3) is 0 Å². The molecule has 0 spiro atoms. The van der Waals surface area contributed by atoms with Crippen molar-refractivity contribution in [2.75, 3.05) is 88.5 Å². The second-order valence-electron chi connectivity index (χ2n) is 13.3. The molecule has 3 atom stereocenters. The summed E-state index contributed by atoms with van der Waals surface area (Å²) < 4.78 is 6.08. The lowest BCUT2D eigenvalue weighted by Crippen LogP contribution is -2.86. The number of benzene rings is 2. The number of rotatable bonds is 5. The van der Waals surface area contributed by atoms with Crippen molar-refractivity contribution >= 4 is 17.4 Å². The van der Waals surface area contributed by atoms with E-state index in [-0.39, 0.29) is 17.6 Å². The summed E-state index contributed by atoms with van der Waals surface area (Å²) >= 11 is 2.14. The van der Waals surface area contributed by atoms with Crippen LogP contribution in [0, 0.1) is 0 Å². The van der Waals surface area contributed by atoms with Crippen LogP contribution in [0.5, 0.6) is 0 Å². The Morgan fingerprint density at radius 1 is 0.698 bits per heavy atom. The summed E-state index contributed by atoms with van der Waals surface area (Å²) in [7, 11) is 0. The number of ether oxygens (including phenoxy) is 1. The number of thioether (sulfide) groups is 1. The summed E-state index contributed by atoms with van der Waals surface area (Å²) in [5.74, 6) is 2.11. The molecule has 0 saturated carbocycles. The summed E-state index contributed by atoms with van der Waals surface area (Å²) in [6.07, 6.45) is 8.83. The third-order valence-electron chi connectivity index (χ3n) is 11.4. The smallest absolute Gasteiger partial charge is 0.186 e. The second-order valence-corrected chi connectivity index (χ2v) is 14.6. The van der Waals surface area contributed by atoms with Crippen LogP contribution in [0.15, 0.2) is 48.5 Å². The Balaban J connectivity index is 1.40. The first-order valence-electron chi connectivity index (χ1n) is 17.2. The van der Waals surface area contributed by atoms with E-state index in [0.29, 0.717) is 0 Å². The molecule has 0 aliphatic carbocycles. The number of piperidine rings is 1. The summed E-state index contributed by atoms with van der Waals surface area (Å²) in [6.45, 7) is 11.6. The quantitative estimate of drug-likeness (QED) is 0.546. The highest BCUT2D eigenvalue weighted by molar-refractivity contribution is 7.99. The predicted octanol–water partition coefficient (Wildman–Crippen LogP) is 4.21. The third-order valence-corrected chi connectivity index (χ3v) is 12.3. The van der Waals surface area contributed by atoms with Gasteiger partial charge in [0.25, 0.3) is 0 Å². The highest BCUT2D eigenvalue weighted by atomic mass is 32.2. The Labute approximate surface area is 262 Å². The molecule has 43 heavy (non-hydrogen) atoms. The molecule has 6 aliphatic rings. The predicted molar refractivity (Wildman–Crippen MR) is 176 cm³/mol. The monoisotopic (exact) mass is 602 g/mol. The van der Waals surface area contributed by atoms with Gasteiger partial charge in [0.05, 0.1) is 19.4 Å². The molecule has 0 radical (unpaired) electrons. The van der Waals surface area contributed by atoms with Gasteiger partial charge >= 0.3 is 0 Å². The molecule has 3 unspecified atom stereocenters. The fourth-order valence-electron chi connectivity index (χ4n) is 9.75. The van der Waals surface area contributed by atoms with E-state index >= 15 is 0 Å². The Morgan fingerprint density at radius 2 is 1.44 bits per heavy atom. The van der Waals surface area contributed by atoms with Crippen LogP contribution in [-0.2, 0) is 17.6 Å². The Morgan fingerprint density at radius 3 is 2.28 bits per heavy atom. The first-order chi connectivity index (χ1) is 21.3. The summed E-state index contributed by atoms with van der Waals surface area (Å²) in [6, 6.07) is 18.7. The fraction of sp³-hybridized carbons (Fsp3) is 0.657. The van der Waals surface area contributed by atoms with E-state index in [9.17, 15) is 0 Å². The lowest BCUT2D eigenvalue weighted by Gasteiger charge is -2.68. The number of nitrogens with one attached hydrogen (secondary N) is 1. The van der Waals surface area contributed by atoms with Gasteiger partial charge in [-0.05, 0) is 61.3 Å². The molecule has 0 amide bonds. The SMILES string of the molecule is c1ccc2c(c1)CCNC2N1CCC(N2CCCCC2)(N2CCOCC2)C1(N1CCSCC1)N1CCCc2ccccc21. The topological polar surface area (TPSA) is 37.5 Å². The average molecular weight is 603 g/mol. The standard InChI is InChI=1S/C35H50N6OS/c1-6-17-37(18-7-1)34(38-21-25-42-26-22-38)15-20-41(33-31-12-4-2-9-29(31)14-16-36-33)35(34,39-23-27-43-28-24-39)40-19-8-11-30-10-3-5-13-32(30)40/h2-5,9-10,12-13,33,36H,1,6-8,11,14-28H2. The average Bonchev–Trinajstić information content (AvgIpc) is 3.46. The van der Waals surface area contributed by atoms with E-state index < -0.39 is 0 Å². The number of nitrogens with zero attached hydrogens (tertiary/aromatic N) is 5. The van der Waals surface area contributed by atoms with Gasteiger partial charge in [-0.15, -0.1) is 0 Å². The van der Waals surface area contributed by atoms with Gasteiger partial charge in [0, 0.05) is 76.1 Å². The van der Waals surface area contributed by atoms with Gasteiger partial charge in [-0.3, -0.25) is 20.0 Å². The van der Waals surface area contributed by atoms with Crippen LogP contribution in [0.3, 0.4) is 0 Å². The van der Waals surface area contributed by atoms with Crippen LogP contribution >= 0.6 is 11.8 Å². The van der Waals surface area contributed by atoms with Crippen molar-refractivity contribution in [1.29, 1.82) is 0 Å². The minimum absolute atomic E-state index is 0.127. The zero-order chi connectivity index (χ0) is 28.7. The number of hydrogen-bond donors (Lipinski definition) is 1. The molecule has 2 aromatic carbocycles. The number of fused-ring (bicyclic) bond motifs is 2. The molecule has 8 rings (SSSR count).